The van der Waals surface area contributed by atoms with E-state index in [2.05, 4.69) is 20.3 Å². The third kappa shape index (κ3) is 3.43. The Balaban J connectivity index is 1.56. The highest BCUT2D eigenvalue weighted by Gasteiger charge is 2.31. The maximum absolute atomic E-state index is 12.7. The number of carbonyl (C=O) groups excluding carboxylic acids is 1. The van der Waals surface area contributed by atoms with Crippen LogP contribution in [0.1, 0.15) is 40.6 Å². The number of hydrogen-bond acceptors (Lipinski definition) is 6. The van der Waals surface area contributed by atoms with Gasteiger partial charge in [-0.15, -0.1) is 11.3 Å². The third-order valence-corrected chi connectivity index (χ3v) is 5.06. The summed E-state index contributed by atoms with van der Waals surface area (Å²) in [4.78, 5) is 27.7. The number of nitrogens with one attached hydrogen (secondary N) is 1. The molecule has 1 N–H and O–H groups in total. The van der Waals surface area contributed by atoms with E-state index in [1.54, 1.807) is 17.1 Å². The molecule has 1 saturated heterocycles. The molecule has 0 spiro atoms. The minimum atomic E-state index is 0.000391. The van der Waals surface area contributed by atoms with E-state index in [4.69, 9.17) is 0 Å². The Hall–Kier alpha value is -2.80. The van der Waals surface area contributed by atoms with Crippen molar-refractivity contribution in [2.24, 2.45) is 0 Å². The predicted molar refractivity (Wildman–Crippen MR) is 102 cm³/mol. The second-order valence-electron chi connectivity index (χ2n) is 6.29. The Morgan fingerprint density at radius 2 is 2.19 bits per heavy atom. The lowest BCUT2D eigenvalue weighted by Gasteiger charge is -2.24. The molecule has 1 aliphatic rings. The Bertz CT molecular complexity index is 912. The first-order valence-corrected chi connectivity index (χ1v) is 9.51. The summed E-state index contributed by atoms with van der Waals surface area (Å²) < 4.78 is 0. The van der Waals surface area contributed by atoms with Crippen LogP contribution in [0.25, 0.3) is 0 Å². The zero-order valence-electron chi connectivity index (χ0n) is 14.4. The van der Waals surface area contributed by atoms with Crippen molar-refractivity contribution in [3.05, 3.63) is 64.4 Å². The highest BCUT2D eigenvalue weighted by molar-refractivity contribution is 7.07. The second kappa shape index (κ2) is 7.21. The molecule has 0 radical (unpaired) electrons. The zero-order chi connectivity index (χ0) is 17.9. The van der Waals surface area contributed by atoms with Crippen LogP contribution in [0.5, 0.6) is 0 Å². The van der Waals surface area contributed by atoms with Crippen LogP contribution in [0.4, 0.5) is 11.6 Å². The van der Waals surface area contributed by atoms with E-state index in [1.807, 2.05) is 42.2 Å². The Morgan fingerprint density at radius 3 is 3.00 bits per heavy atom. The normalized spacial score (nSPS) is 16.7. The highest BCUT2D eigenvalue weighted by Crippen LogP contribution is 2.34. The van der Waals surface area contributed by atoms with Gasteiger partial charge < -0.3 is 10.2 Å². The van der Waals surface area contributed by atoms with Gasteiger partial charge in [0, 0.05) is 23.8 Å². The lowest BCUT2D eigenvalue weighted by molar-refractivity contribution is 0.0730. The molecule has 1 fully saturated rings. The summed E-state index contributed by atoms with van der Waals surface area (Å²) in [5.74, 6) is 1.49. The number of pyridine rings is 2. The van der Waals surface area contributed by atoms with Gasteiger partial charge in [-0.3, -0.25) is 4.79 Å². The van der Waals surface area contributed by atoms with Gasteiger partial charge in [0.05, 0.1) is 11.6 Å². The molecule has 132 valence electrons. The fourth-order valence-electron chi connectivity index (χ4n) is 3.29. The predicted octanol–water partition coefficient (Wildman–Crippen LogP) is 3.96. The van der Waals surface area contributed by atoms with E-state index in [-0.39, 0.29) is 11.9 Å². The summed E-state index contributed by atoms with van der Waals surface area (Å²) in [5, 5.41) is 5.05. The monoisotopic (exact) mass is 365 g/mol. The van der Waals surface area contributed by atoms with E-state index < -0.39 is 0 Å². The SMILES string of the molecule is Cc1cccc(Nc2cc(C3CCCN3C(=O)c3cscn3)ccn2)n1. The molecule has 3 aromatic rings. The molecular formula is C19H19N5OS. The van der Waals surface area contributed by atoms with Gasteiger partial charge >= 0.3 is 0 Å². The summed E-state index contributed by atoms with van der Waals surface area (Å²) in [6.07, 6.45) is 3.71. The highest BCUT2D eigenvalue weighted by atomic mass is 32.1. The van der Waals surface area contributed by atoms with Gasteiger partial charge in [-0.2, -0.15) is 0 Å². The summed E-state index contributed by atoms with van der Waals surface area (Å²) in [6, 6.07) is 9.86. The number of aryl methyl sites for hydroxylation is 1. The second-order valence-corrected chi connectivity index (χ2v) is 7.01. The Labute approximate surface area is 155 Å². The van der Waals surface area contributed by atoms with E-state index in [9.17, 15) is 4.79 Å². The Kier molecular flexibility index (Phi) is 4.62. The fraction of sp³-hybridized carbons (Fsp3) is 0.263. The van der Waals surface area contributed by atoms with Gasteiger partial charge in [-0.25, -0.2) is 15.0 Å². The molecular weight excluding hydrogens is 346 g/mol. The average Bonchev–Trinajstić information content (AvgIpc) is 3.33. The number of carbonyl (C=O) groups is 1. The van der Waals surface area contributed by atoms with Crippen LogP contribution >= 0.6 is 11.3 Å². The molecule has 4 rings (SSSR count). The largest absolute Gasteiger partial charge is 0.330 e. The van der Waals surface area contributed by atoms with E-state index in [0.717, 1.165) is 42.3 Å². The van der Waals surface area contributed by atoms with Crippen molar-refractivity contribution in [2.75, 3.05) is 11.9 Å². The first-order valence-electron chi connectivity index (χ1n) is 8.56. The fourth-order valence-corrected chi connectivity index (χ4v) is 3.81. The van der Waals surface area contributed by atoms with E-state index in [1.165, 1.54) is 11.3 Å². The molecule has 26 heavy (non-hydrogen) atoms. The first-order chi connectivity index (χ1) is 12.7. The van der Waals surface area contributed by atoms with Crippen molar-refractivity contribution in [3.63, 3.8) is 0 Å². The van der Waals surface area contributed by atoms with Crippen molar-refractivity contribution >= 4 is 28.9 Å². The number of nitrogens with zero attached hydrogens (tertiary/aromatic N) is 4. The standard InChI is InChI=1S/C19H19N5OS/c1-13-4-2-6-17(22-13)23-18-10-14(7-8-20-18)16-5-3-9-24(16)19(25)15-11-26-12-21-15/h2,4,6-8,10-12,16H,3,5,9H2,1H3,(H,20,22,23). The molecule has 4 heterocycles. The van der Waals surface area contributed by atoms with Gasteiger partial charge in [-0.05, 0) is 49.6 Å². The van der Waals surface area contributed by atoms with Crippen molar-refractivity contribution < 1.29 is 4.79 Å². The number of rotatable bonds is 4. The van der Waals surface area contributed by atoms with Crippen LogP contribution in [0, 0.1) is 6.92 Å². The molecule has 0 bridgehead atoms. The summed E-state index contributed by atoms with van der Waals surface area (Å²) in [5.41, 5.74) is 4.25. The van der Waals surface area contributed by atoms with Crippen LogP contribution in [-0.4, -0.2) is 32.3 Å². The number of hydrogen-bond donors (Lipinski definition) is 1. The summed E-state index contributed by atoms with van der Waals surface area (Å²) >= 11 is 1.44. The number of anilines is 2. The third-order valence-electron chi connectivity index (χ3n) is 4.48. The minimum Gasteiger partial charge on any atom is -0.330 e. The lowest BCUT2D eigenvalue weighted by Crippen LogP contribution is -2.30. The average molecular weight is 365 g/mol. The Morgan fingerprint density at radius 1 is 1.27 bits per heavy atom. The van der Waals surface area contributed by atoms with Crippen molar-refractivity contribution in [1.29, 1.82) is 0 Å². The molecule has 0 aromatic carbocycles. The van der Waals surface area contributed by atoms with E-state index >= 15 is 0 Å². The van der Waals surface area contributed by atoms with Crippen LogP contribution in [0.15, 0.2) is 47.4 Å². The molecule has 3 aromatic heterocycles. The first kappa shape index (κ1) is 16.7. The minimum absolute atomic E-state index is 0.000391. The van der Waals surface area contributed by atoms with Gasteiger partial charge in [0.2, 0.25) is 0 Å². The maximum atomic E-state index is 12.7. The molecule has 1 aliphatic heterocycles. The van der Waals surface area contributed by atoms with Crippen LogP contribution < -0.4 is 5.32 Å². The number of amides is 1. The summed E-state index contributed by atoms with van der Waals surface area (Å²) in [7, 11) is 0. The zero-order valence-corrected chi connectivity index (χ0v) is 15.2. The molecule has 0 aliphatic carbocycles. The van der Waals surface area contributed by atoms with Crippen molar-refractivity contribution in [1.82, 2.24) is 19.9 Å². The topological polar surface area (TPSA) is 71.0 Å². The van der Waals surface area contributed by atoms with Gasteiger partial charge in [0.15, 0.2) is 0 Å². The van der Waals surface area contributed by atoms with E-state index in [0.29, 0.717) is 5.69 Å². The van der Waals surface area contributed by atoms with Crippen LogP contribution in [-0.2, 0) is 0 Å². The number of thiazole rings is 1. The molecule has 0 saturated carbocycles. The number of likely N-dealkylation sites (tertiary alicyclic amines) is 1. The van der Waals surface area contributed by atoms with Gasteiger partial charge in [0.25, 0.3) is 5.91 Å². The summed E-state index contributed by atoms with van der Waals surface area (Å²) in [6.45, 7) is 2.71. The smallest absolute Gasteiger partial charge is 0.273 e. The van der Waals surface area contributed by atoms with Crippen molar-refractivity contribution in [3.8, 4) is 0 Å². The van der Waals surface area contributed by atoms with Crippen LogP contribution in [0.3, 0.4) is 0 Å². The van der Waals surface area contributed by atoms with Crippen LogP contribution in [0.2, 0.25) is 0 Å². The number of aromatic nitrogens is 3. The van der Waals surface area contributed by atoms with Gasteiger partial charge in [-0.1, -0.05) is 6.07 Å². The molecule has 1 atom stereocenters. The molecule has 1 unspecified atom stereocenters. The molecule has 7 heteroatoms. The molecule has 6 nitrogen and oxygen atoms in total. The molecule has 1 amide bonds. The van der Waals surface area contributed by atoms with Crippen molar-refractivity contribution in [2.45, 2.75) is 25.8 Å². The lowest BCUT2D eigenvalue weighted by atomic mass is 10.1. The maximum Gasteiger partial charge on any atom is 0.273 e. The quantitative estimate of drug-likeness (QED) is 0.758. The van der Waals surface area contributed by atoms with Gasteiger partial charge in [0.1, 0.15) is 17.3 Å².